The van der Waals surface area contributed by atoms with Crippen molar-refractivity contribution in [3.05, 3.63) is 36.5 Å². The van der Waals surface area contributed by atoms with Crippen LogP contribution in [-0.2, 0) is 0 Å². The zero-order valence-electron chi connectivity index (χ0n) is 8.89. The molecule has 0 amide bonds. The van der Waals surface area contributed by atoms with Gasteiger partial charge in [0, 0.05) is 5.56 Å². The summed E-state index contributed by atoms with van der Waals surface area (Å²) in [7, 11) is 0. The smallest absolute Gasteiger partial charge is 0.262 e. The predicted molar refractivity (Wildman–Crippen MR) is 48.5 cm³/mol. The molecule has 0 atom stereocenters. The number of benzene rings is 1. The third-order valence-electron chi connectivity index (χ3n) is 2.27. The van der Waals surface area contributed by atoms with E-state index in [2.05, 4.69) is 19.6 Å². The molecule has 0 aliphatic heterocycles. The molecule has 0 aliphatic carbocycles. The molecule has 2 heterocycles. The van der Waals surface area contributed by atoms with Crippen LogP contribution in [-0.4, -0.2) is 10.5 Å². The van der Waals surface area contributed by atoms with Gasteiger partial charge in [-0.1, -0.05) is 30.3 Å². The topological polar surface area (TPSA) is 106 Å². The summed E-state index contributed by atoms with van der Waals surface area (Å²) >= 11 is 0. The highest BCUT2D eigenvalue weighted by Crippen LogP contribution is 2.21. The molecular formula is C10H6N4O4. The second-order valence-corrected chi connectivity index (χ2v) is 3.41. The molecule has 8 nitrogen and oxygen atoms in total. The van der Waals surface area contributed by atoms with Gasteiger partial charge in [0.25, 0.3) is 16.2 Å². The molecule has 8 heteroatoms. The van der Waals surface area contributed by atoms with Crippen LogP contribution in [0.15, 0.2) is 45.6 Å². The van der Waals surface area contributed by atoms with Crippen LogP contribution in [0.1, 0.15) is 0 Å². The summed E-state index contributed by atoms with van der Waals surface area (Å²) in [6.45, 7) is 0. The largest absolute Gasteiger partial charge is 0.539 e. The van der Waals surface area contributed by atoms with Crippen molar-refractivity contribution in [3.8, 4) is 23.1 Å². The molecule has 0 saturated heterocycles. The monoisotopic (exact) mass is 246 g/mol. The maximum atomic E-state index is 11.6. The van der Waals surface area contributed by atoms with Crippen LogP contribution in [0.4, 0.5) is 0 Å². The summed E-state index contributed by atoms with van der Waals surface area (Å²) < 4.78 is 8.94. The van der Waals surface area contributed by atoms with E-state index in [1.165, 1.54) is 0 Å². The van der Waals surface area contributed by atoms with Crippen molar-refractivity contribution in [2.45, 2.75) is 0 Å². The van der Waals surface area contributed by atoms with Crippen LogP contribution in [0.5, 0.6) is 11.9 Å². The molecule has 0 spiro atoms. The van der Waals surface area contributed by atoms with E-state index in [4.69, 9.17) is 0 Å². The van der Waals surface area contributed by atoms with E-state index >= 15 is 0 Å². The lowest BCUT2D eigenvalue weighted by atomic mass is 10.2. The zero-order chi connectivity index (χ0) is 12.5. The fourth-order valence-corrected chi connectivity index (χ4v) is 1.52. The van der Waals surface area contributed by atoms with Crippen molar-refractivity contribution in [1.82, 2.24) is 10.5 Å². The molecule has 18 heavy (non-hydrogen) atoms. The van der Waals surface area contributed by atoms with Crippen LogP contribution in [0.25, 0.3) is 11.3 Å². The average molecular weight is 246 g/mol. The first kappa shape index (κ1) is 10.3. The fourth-order valence-electron chi connectivity index (χ4n) is 1.52. The highest BCUT2D eigenvalue weighted by Gasteiger charge is 2.27. The molecule has 0 saturated carbocycles. The Balaban J connectivity index is 2.18. The molecule has 0 bridgehead atoms. The second kappa shape index (κ2) is 3.84. The summed E-state index contributed by atoms with van der Waals surface area (Å²) in [5, 5.41) is 29.5. The molecule has 3 rings (SSSR count). The molecule has 90 valence electrons. The maximum Gasteiger partial charge on any atom is 0.262 e. The number of aromatic nitrogens is 4. The molecule has 0 radical (unpaired) electrons. The Kier molecular flexibility index (Phi) is 2.19. The standard InChI is InChI=1S/C10H6N4O4/c15-8-6-13(11-17-8)14-9(10(16)18-12-14)7-4-2-1-3-5-7/h1-6H. The fraction of sp³-hybridized carbons (Fsp3) is 0. The Morgan fingerprint density at radius 1 is 1.00 bits per heavy atom. The summed E-state index contributed by atoms with van der Waals surface area (Å²) in [4.78, 5) is 2.03. The van der Waals surface area contributed by atoms with E-state index in [0.29, 0.717) is 5.56 Å². The van der Waals surface area contributed by atoms with E-state index in [-0.39, 0.29) is 5.69 Å². The third-order valence-corrected chi connectivity index (χ3v) is 2.27. The molecule has 0 fully saturated rings. The third kappa shape index (κ3) is 1.56. The molecule has 0 N–H and O–H groups in total. The van der Waals surface area contributed by atoms with Crippen molar-refractivity contribution in [3.63, 3.8) is 0 Å². The van der Waals surface area contributed by atoms with Gasteiger partial charge in [0.05, 0.1) is 0 Å². The lowest BCUT2D eigenvalue weighted by Crippen LogP contribution is -2.69. The predicted octanol–water partition coefficient (Wildman–Crippen LogP) is -1.64. The van der Waals surface area contributed by atoms with Crippen molar-refractivity contribution in [2.75, 3.05) is 0 Å². The first-order valence-corrected chi connectivity index (χ1v) is 4.96. The number of hydrogen-bond donors (Lipinski definition) is 0. The first-order chi connectivity index (χ1) is 8.75. The zero-order valence-corrected chi connectivity index (χ0v) is 8.89. The van der Waals surface area contributed by atoms with Gasteiger partial charge >= 0.3 is 0 Å². The highest BCUT2D eigenvalue weighted by atomic mass is 16.6. The lowest BCUT2D eigenvalue weighted by molar-refractivity contribution is -1.34. The summed E-state index contributed by atoms with van der Waals surface area (Å²) in [5.74, 6) is -1.29. The van der Waals surface area contributed by atoms with E-state index in [1.54, 1.807) is 24.3 Å². The Hall–Kier alpha value is -2.90. The summed E-state index contributed by atoms with van der Waals surface area (Å²) in [5.41, 5.74) is 0.737. The van der Waals surface area contributed by atoms with Gasteiger partial charge in [-0.25, -0.2) is 0 Å². The van der Waals surface area contributed by atoms with Crippen molar-refractivity contribution < 1.29 is 28.8 Å². The highest BCUT2D eigenvalue weighted by molar-refractivity contribution is 5.58. The first-order valence-electron chi connectivity index (χ1n) is 4.96. The average Bonchev–Trinajstić information content (AvgIpc) is 2.96. The number of hydrogen-bond acceptors (Lipinski definition) is 6. The van der Waals surface area contributed by atoms with Gasteiger partial charge < -0.3 is 19.3 Å². The van der Waals surface area contributed by atoms with Crippen LogP contribution < -0.4 is 19.8 Å². The Morgan fingerprint density at radius 2 is 1.78 bits per heavy atom. The van der Waals surface area contributed by atoms with Gasteiger partial charge in [-0.15, -0.1) is 0 Å². The van der Waals surface area contributed by atoms with E-state index in [1.807, 2.05) is 6.07 Å². The van der Waals surface area contributed by atoms with Gasteiger partial charge in [0.2, 0.25) is 6.20 Å². The van der Waals surface area contributed by atoms with E-state index < -0.39 is 11.9 Å². The minimum atomic E-state index is -0.656. The van der Waals surface area contributed by atoms with Crippen LogP contribution >= 0.6 is 0 Å². The molecular weight excluding hydrogens is 240 g/mol. The van der Waals surface area contributed by atoms with Crippen molar-refractivity contribution >= 4 is 0 Å². The number of nitrogens with zero attached hydrogens (tertiary/aromatic N) is 4. The van der Waals surface area contributed by atoms with Gasteiger partial charge in [-0.3, -0.25) is 0 Å². The van der Waals surface area contributed by atoms with E-state index in [9.17, 15) is 10.2 Å². The Labute approximate surface area is 99.8 Å². The SMILES string of the molecule is [O-]c1c[n+](-[n+]2noc([O-])c2-c2ccccc2)no1. The van der Waals surface area contributed by atoms with Crippen molar-refractivity contribution in [1.29, 1.82) is 0 Å². The normalized spacial score (nSPS) is 10.7. The van der Waals surface area contributed by atoms with Crippen molar-refractivity contribution in [2.24, 2.45) is 0 Å². The van der Waals surface area contributed by atoms with Gasteiger partial charge in [-0.2, -0.15) is 0 Å². The summed E-state index contributed by atoms with van der Waals surface area (Å²) in [6.07, 6.45) is 1.04. The molecule has 2 aromatic heterocycles. The summed E-state index contributed by atoms with van der Waals surface area (Å²) in [6, 6.07) is 8.76. The minimum absolute atomic E-state index is 0.147. The van der Waals surface area contributed by atoms with Crippen LogP contribution in [0.2, 0.25) is 0 Å². The van der Waals surface area contributed by atoms with Crippen LogP contribution in [0.3, 0.4) is 0 Å². The van der Waals surface area contributed by atoms with Crippen LogP contribution in [0, 0.1) is 0 Å². The second-order valence-electron chi connectivity index (χ2n) is 3.41. The molecule has 0 aliphatic rings. The molecule has 3 aromatic rings. The minimum Gasteiger partial charge on any atom is -0.539 e. The maximum absolute atomic E-state index is 11.6. The van der Waals surface area contributed by atoms with E-state index in [0.717, 1.165) is 15.8 Å². The Morgan fingerprint density at radius 3 is 2.44 bits per heavy atom. The lowest BCUT2D eigenvalue weighted by Gasteiger charge is -1.94. The Bertz CT molecular complexity index is 676. The van der Waals surface area contributed by atoms with Gasteiger partial charge in [0.15, 0.2) is 21.5 Å². The van der Waals surface area contributed by atoms with Gasteiger partial charge in [0.1, 0.15) is 0 Å². The number of rotatable bonds is 2. The van der Waals surface area contributed by atoms with Gasteiger partial charge in [-0.05, 0) is 0 Å². The molecule has 0 unspecified atom stereocenters. The quantitative estimate of drug-likeness (QED) is 0.502. The molecule has 1 aromatic carbocycles.